The highest BCUT2D eigenvalue weighted by atomic mass is 35.5. The maximum absolute atomic E-state index is 14.8. The first-order valence-corrected chi connectivity index (χ1v) is 53.1. The number of aromatic nitrogens is 12. The van der Waals surface area contributed by atoms with Gasteiger partial charge in [-0.05, 0) is 185 Å². The van der Waals surface area contributed by atoms with Crippen LogP contribution in [-0.4, -0.2) is 196 Å². The standard InChI is InChI=1S/C31H37ClN2O3.C29H37ClN4O3.C29H31F6N5O3.C25H23N5O2S/c1-21(35)34-17-15-24(16-18-34)31(36,23-11-7-4-8-12-23)25-13-14-28-26(20-25)29(32)27(30(33-28)37-2)19-22-9-5-3-6-10-22;1-19(35)34-13-11-21(12-14-34)29(36,26-17-31-18-33(26)2)22-9-10-25-23(16-22)27(30)24(28(32-25)37-3)15-20-7-5-4-6-8-20;1-17(41)39-12-8-18(9-13-39)27(43,22-15-36-16-38(22)2)19-6-7-21-20(14-19)24(28(30,31)32)23(25(37-21)29(33,34)35)26(42)40-10-4-3-5-11-40;1-15-24(33-16(2)27-15)25(31,22-14-26-29-30(22)3)19-10-11-20-18(12-19)13-21(32-4)23(28-20)17-8-6-5-7-9-17/h4,7-8,11-14,20,22,24,36H,3,5-6,9-10,15-19H2,1-2H3;9-10,16-18,20-21,36H,4-8,11-15H2,1-3H3;6-7,14-16,18,43H,3-5,8-13H2,1-2H3;5-14,31H,1-4H3. The van der Waals surface area contributed by atoms with Crippen molar-refractivity contribution in [2.75, 3.05) is 73.7 Å². The van der Waals surface area contributed by atoms with E-state index < -0.39 is 74.3 Å². The van der Waals surface area contributed by atoms with Crippen molar-refractivity contribution in [2.24, 2.45) is 50.7 Å². The Hall–Kier alpha value is -12.6. The molecule has 20 rings (SSSR count). The van der Waals surface area contributed by atoms with Crippen molar-refractivity contribution in [3.8, 4) is 28.8 Å². The third kappa shape index (κ3) is 22.0. The van der Waals surface area contributed by atoms with Crippen LogP contribution < -0.4 is 14.2 Å². The molecule has 4 unspecified atom stereocenters. The van der Waals surface area contributed by atoms with Gasteiger partial charge in [0.25, 0.3) is 5.91 Å². The van der Waals surface area contributed by atoms with E-state index in [4.69, 9.17) is 52.4 Å². The largest absolute Gasteiger partial charge is 0.494 e. The molecule has 6 fully saturated rings. The number of carbonyl (C=O) groups is 4. The molecule has 2 aliphatic carbocycles. The van der Waals surface area contributed by atoms with E-state index in [1.54, 1.807) is 77.6 Å². The van der Waals surface area contributed by atoms with Crippen LogP contribution in [0.15, 0.2) is 171 Å². The predicted molar refractivity (Wildman–Crippen MR) is 564 cm³/mol. The number of benzene rings is 6. The van der Waals surface area contributed by atoms with Crippen LogP contribution in [0.2, 0.25) is 10.0 Å². The van der Waals surface area contributed by atoms with Gasteiger partial charge in [0, 0.05) is 144 Å². The van der Waals surface area contributed by atoms with Gasteiger partial charge in [-0.1, -0.05) is 178 Å². The number of likely N-dealkylation sites (tertiary alicyclic amines) is 4. The molecule has 4 atom stereocenters. The summed E-state index contributed by atoms with van der Waals surface area (Å²) in [7, 11) is 10.2. The number of aliphatic hydroxyl groups is 4. The lowest BCUT2D eigenvalue weighted by molar-refractivity contribution is -0.145. The van der Waals surface area contributed by atoms with Crippen LogP contribution in [0, 0.1) is 43.4 Å². The number of aryl methyl sites for hydroxylation is 5. The summed E-state index contributed by atoms with van der Waals surface area (Å²) >= 11 is 15.7. The topological polar surface area (TPSA) is 321 Å². The zero-order chi connectivity index (χ0) is 107. The third-order valence-corrected chi connectivity index (χ3v) is 33.5. The number of carbonyl (C=O) groups excluding carboxylic acids is 4. The molecule has 4 aliphatic heterocycles. The van der Waals surface area contributed by atoms with E-state index in [9.17, 15) is 65.9 Å². The summed E-state index contributed by atoms with van der Waals surface area (Å²) in [6.07, 6.45) is 16.4. The second-order valence-electron chi connectivity index (χ2n) is 40.7. The molecule has 4 N–H and O–H groups in total. The number of hydrogen-bond donors (Lipinski definition) is 4. The summed E-state index contributed by atoms with van der Waals surface area (Å²) in [4.78, 5) is 87.3. The third-order valence-electron chi connectivity index (χ3n) is 31.5. The minimum Gasteiger partial charge on any atom is -0.494 e. The van der Waals surface area contributed by atoms with Crippen LogP contribution in [0.25, 0.3) is 54.9 Å². The Morgan fingerprint density at radius 1 is 0.440 bits per heavy atom. The highest BCUT2D eigenvalue weighted by Crippen LogP contribution is 2.53. The fraction of sp³-hybridized carbons (Fsp3) is 0.447. The predicted octanol–water partition coefficient (Wildman–Crippen LogP) is 21.3. The Morgan fingerprint density at radius 2 is 0.873 bits per heavy atom. The fourth-order valence-corrected chi connectivity index (χ4v) is 25.2. The highest BCUT2D eigenvalue weighted by Gasteiger charge is 2.52. The molecule has 0 spiro atoms. The van der Waals surface area contributed by atoms with Crippen LogP contribution in [0.1, 0.15) is 236 Å². The van der Waals surface area contributed by atoms with E-state index in [-0.39, 0.29) is 53.9 Å². The zero-order valence-electron chi connectivity index (χ0n) is 86.3. The van der Waals surface area contributed by atoms with Gasteiger partial charge < -0.3 is 63.4 Å². The average Bonchev–Trinajstić information content (AvgIpc) is 1.11. The van der Waals surface area contributed by atoms with Gasteiger partial charge in [-0.3, -0.25) is 19.2 Å². The number of alkyl halides is 6. The number of nitrogens with zero attached hydrogens (tertiary/aromatic N) is 16. The second-order valence-corrected chi connectivity index (χ2v) is 42.7. The Balaban J connectivity index is 0.000000137. The summed E-state index contributed by atoms with van der Waals surface area (Å²) < 4.78 is 109. The molecule has 27 nitrogen and oxygen atoms in total. The summed E-state index contributed by atoms with van der Waals surface area (Å²) in [6, 6.07) is 42.6. The van der Waals surface area contributed by atoms with E-state index in [1.165, 1.54) is 106 Å². The summed E-state index contributed by atoms with van der Waals surface area (Å²) in [5.41, 5.74) is -0.232. The minimum atomic E-state index is -5.36. The molecule has 150 heavy (non-hydrogen) atoms. The molecule has 792 valence electrons. The lowest BCUT2D eigenvalue weighted by atomic mass is 9.71. The van der Waals surface area contributed by atoms with Crippen LogP contribution in [0.3, 0.4) is 0 Å². The van der Waals surface area contributed by atoms with Gasteiger partial charge in [0.05, 0.1) is 123 Å². The number of thiazole rings is 1. The first-order chi connectivity index (χ1) is 71.8. The summed E-state index contributed by atoms with van der Waals surface area (Å²) in [6.45, 7) is 11.7. The zero-order valence-corrected chi connectivity index (χ0v) is 88.6. The quantitative estimate of drug-likeness (QED) is 0.0486. The van der Waals surface area contributed by atoms with Crippen molar-refractivity contribution in [2.45, 2.75) is 204 Å². The average molecular weight is 2120 g/mol. The molecule has 6 aliphatic rings. The monoisotopic (exact) mass is 2110 g/mol. The number of methoxy groups -OCH3 is 3. The number of imidazole rings is 2. The van der Waals surface area contributed by atoms with E-state index in [2.05, 4.69) is 30.2 Å². The van der Waals surface area contributed by atoms with Gasteiger partial charge in [-0.15, -0.1) is 16.4 Å². The highest BCUT2D eigenvalue weighted by molar-refractivity contribution is 7.11. The Kier molecular flexibility index (Phi) is 33.0. The number of amides is 4. The summed E-state index contributed by atoms with van der Waals surface area (Å²) in [5, 5.41) is 61.7. The van der Waals surface area contributed by atoms with E-state index in [0.29, 0.717) is 135 Å². The van der Waals surface area contributed by atoms with Gasteiger partial charge in [-0.25, -0.2) is 39.6 Å². The van der Waals surface area contributed by atoms with Gasteiger partial charge in [0.1, 0.15) is 33.9 Å². The molecule has 6 aromatic carbocycles. The van der Waals surface area contributed by atoms with Crippen LogP contribution in [0.5, 0.6) is 17.5 Å². The van der Waals surface area contributed by atoms with Crippen LogP contribution in [-0.2, 0) is 83.1 Å². The molecular weight excluding hydrogens is 1990 g/mol. The van der Waals surface area contributed by atoms with E-state index >= 15 is 0 Å². The molecule has 36 heteroatoms. The number of fused-ring (bicyclic) bond motifs is 4. The van der Waals surface area contributed by atoms with Gasteiger partial charge in [-0.2, -0.15) is 26.3 Å². The maximum Gasteiger partial charge on any atom is 0.434 e. The molecule has 0 bridgehead atoms. The maximum atomic E-state index is 14.8. The normalized spacial score (nSPS) is 17.7. The van der Waals surface area contributed by atoms with Crippen molar-refractivity contribution >= 4 is 102 Å². The lowest BCUT2D eigenvalue weighted by Gasteiger charge is -2.42. The Bertz CT molecular complexity index is 7230. The first-order valence-electron chi connectivity index (χ1n) is 51.5. The minimum absolute atomic E-state index is 0.0201. The molecule has 4 amide bonds. The smallest absolute Gasteiger partial charge is 0.434 e. The SMILES string of the molecule is CC(=O)N1CCC(C(O)(c2ccc3nc(C(F)(F)F)c(C(=O)N4CCCCC4)c(C(F)(F)F)c3c2)c2cncn2C)CC1.COc1cc2cc(C(O)(c3sc(C)nc3C)c3cnnn3C)ccc2nc1-c1ccccc1.COc1nc2ccc(C(O)(c3ccccc3)C3CCN(C(C)=O)CC3)cc2c(Cl)c1CC1CCCCC1.COc1nc2ccc(C(O)(c3cncn3C)C3CCN(C(C)=O)CC3)cc2c(Cl)c1CC1CCCCC1. The molecular formula is C114H128Cl2F6N16O11S. The molecule has 2 saturated carbocycles. The van der Waals surface area contributed by atoms with Crippen LogP contribution in [0.4, 0.5) is 26.3 Å². The van der Waals surface area contributed by atoms with Crippen LogP contribution >= 0.6 is 34.5 Å². The summed E-state index contributed by atoms with van der Waals surface area (Å²) in [5.74, 6) is 0.977. The van der Waals surface area contributed by atoms with Crippen molar-refractivity contribution in [3.63, 3.8) is 0 Å². The number of ether oxygens (including phenoxy) is 3. The number of hydrogen-bond acceptors (Lipinski definition) is 21. The van der Waals surface area contributed by atoms with Crippen molar-refractivity contribution in [1.29, 1.82) is 0 Å². The number of halogens is 8. The molecule has 12 heterocycles. The van der Waals surface area contributed by atoms with E-state index in [1.807, 2.05) is 157 Å². The fourth-order valence-electron chi connectivity index (χ4n) is 23.5. The lowest BCUT2D eigenvalue weighted by Crippen LogP contribution is -2.46. The Morgan fingerprint density at radius 3 is 1.29 bits per heavy atom. The number of rotatable bonds is 21. The number of pyridine rings is 4. The molecule has 4 saturated heterocycles. The first kappa shape index (κ1) is 109. The molecule has 0 radical (unpaired) electrons. The molecule has 14 aromatic rings. The van der Waals surface area contributed by atoms with Gasteiger partial charge in [0.2, 0.25) is 29.5 Å². The van der Waals surface area contributed by atoms with Crippen molar-refractivity contribution in [1.82, 2.24) is 78.6 Å². The molecule has 8 aromatic heterocycles. The van der Waals surface area contributed by atoms with E-state index in [0.717, 1.165) is 136 Å². The van der Waals surface area contributed by atoms with Crippen molar-refractivity contribution < 1.29 is 80.2 Å². The second kappa shape index (κ2) is 45.5. The van der Waals surface area contributed by atoms with Gasteiger partial charge in [0.15, 0.2) is 11.3 Å². The number of piperidine rings is 4. The van der Waals surface area contributed by atoms with Crippen molar-refractivity contribution in [3.05, 3.63) is 269 Å². The Labute approximate surface area is 881 Å². The van der Waals surface area contributed by atoms with Gasteiger partial charge >= 0.3 is 12.4 Å².